The number of hydrogen-bond donors (Lipinski definition) is 1. The minimum absolute atomic E-state index is 0.0769. The van der Waals surface area contributed by atoms with Crippen LogP contribution in [0.1, 0.15) is 38.1 Å². The van der Waals surface area contributed by atoms with Gasteiger partial charge in [0.1, 0.15) is 11.6 Å². The van der Waals surface area contributed by atoms with Crippen LogP contribution in [0.15, 0.2) is 28.7 Å². The minimum Gasteiger partial charge on any atom is -0.491 e. The van der Waals surface area contributed by atoms with E-state index >= 15 is 0 Å². The van der Waals surface area contributed by atoms with Gasteiger partial charge in [-0.25, -0.2) is 4.68 Å². The van der Waals surface area contributed by atoms with Gasteiger partial charge < -0.3 is 10.5 Å². The number of aromatic nitrogens is 2. The predicted octanol–water partition coefficient (Wildman–Crippen LogP) is 3.93. The zero-order valence-electron chi connectivity index (χ0n) is 12.2. The molecule has 0 aliphatic heterocycles. The van der Waals surface area contributed by atoms with E-state index in [0.29, 0.717) is 5.82 Å². The molecule has 0 amide bonds. The van der Waals surface area contributed by atoms with Gasteiger partial charge in [-0.05, 0) is 61.3 Å². The zero-order valence-corrected chi connectivity index (χ0v) is 13.8. The number of benzene rings is 1. The Bertz CT molecular complexity index is 590. The molecule has 0 aliphatic carbocycles. The van der Waals surface area contributed by atoms with Crippen molar-refractivity contribution in [2.75, 3.05) is 5.73 Å². The van der Waals surface area contributed by atoms with Gasteiger partial charge >= 0.3 is 0 Å². The van der Waals surface area contributed by atoms with Crippen molar-refractivity contribution in [1.82, 2.24) is 9.78 Å². The van der Waals surface area contributed by atoms with Crippen LogP contribution >= 0.6 is 15.9 Å². The smallest absolute Gasteiger partial charge is 0.137 e. The van der Waals surface area contributed by atoms with Crippen molar-refractivity contribution in [3.05, 3.63) is 40.0 Å². The molecule has 20 heavy (non-hydrogen) atoms. The van der Waals surface area contributed by atoms with Gasteiger partial charge in [0.25, 0.3) is 0 Å². The fourth-order valence-corrected chi connectivity index (χ4v) is 2.34. The summed E-state index contributed by atoms with van der Waals surface area (Å²) in [7, 11) is 0. The van der Waals surface area contributed by atoms with E-state index in [1.54, 1.807) is 0 Å². The monoisotopic (exact) mass is 337 g/mol. The molecule has 0 aliphatic rings. The fourth-order valence-electron chi connectivity index (χ4n) is 2.08. The maximum absolute atomic E-state index is 6.07. The first-order valence-corrected chi connectivity index (χ1v) is 7.46. The molecule has 2 rings (SSSR count). The lowest BCUT2D eigenvalue weighted by atomic mass is 10.1. The first-order valence-electron chi connectivity index (χ1n) is 6.66. The van der Waals surface area contributed by atoms with Crippen LogP contribution in [0.25, 0.3) is 0 Å². The first kappa shape index (κ1) is 14.9. The SMILES string of the molecule is Cc1nn(C(C)c2ccc(OC(C)C)cc2)c(N)c1Br. The molecular weight excluding hydrogens is 318 g/mol. The van der Waals surface area contributed by atoms with Gasteiger partial charge in [-0.1, -0.05) is 12.1 Å². The van der Waals surface area contributed by atoms with Crippen LogP contribution in [-0.2, 0) is 0 Å². The second-order valence-electron chi connectivity index (χ2n) is 5.14. The summed E-state index contributed by atoms with van der Waals surface area (Å²) in [6.07, 6.45) is 0.179. The van der Waals surface area contributed by atoms with E-state index in [0.717, 1.165) is 21.5 Å². The minimum atomic E-state index is 0.0769. The lowest BCUT2D eigenvalue weighted by molar-refractivity contribution is 0.242. The summed E-state index contributed by atoms with van der Waals surface area (Å²) < 4.78 is 8.34. The Morgan fingerprint density at radius 1 is 1.20 bits per heavy atom. The molecule has 0 saturated heterocycles. The number of aryl methyl sites for hydroxylation is 1. The van der Waals surface area contributed by atoms with Crippen LogP contribution in [0.5, 0.6) is 5.75 Å². The Balaban J connectivity index is 2.24. The third-order valence-electron chi connectivity index (χ3n) is 3.15. The van der Waals surface area contributed by atoms with Crippen molar-refractivity contribution in [1.29, 1.82) is 0 Å². The normalized spacial score (nSPS) is 12.7. The average Bonchev–Trinajstić information content (AvgIpc) is 2.66. The number of nitrogens with two attached hydrogens (primary N) is 1. The Hall–Kier alpha value is -1.49. The van der Waals surface area contributed by atoms with Crippen LogP contribution < -0.4 is 10.5 Å². The number of nitrogen functional groups attached to an aromatic ring is 1. The van der Waals surface area contributed by atoms with E-state index in [1.807, 2.05) is 49.7 Å². The molecule has 0 bridgehead atoms. The molecule has 0 spiro atoms. The van der Waals surface area contributed by atoms with E-state index in [1.165, 1.54) is 0 Å². The molecule has 1 aromatic carbocycles. The third kappa shape index (κ3) is 2.98. The fraction of sp³-hybridized carbons (Fsp3) is 0.400. The largest absolute Gasteiger partial charge is 0.491 e. The molecule has 5 heteroatoms. The third-order valence-corrected chi connectivity index (χ3v) is 4.13. The van der Waals surface area contributed by atoms with Crippen LogP contribution in [-0.4, -0.2) is 15.9 Å². The summed E-state index contributed by atoms with van der Waals surface area (Å²) in [5.74, 6) is 1.53. The Morgan fingerprint density at radius 3 is 2.25 bits per heavy atom. The highest BCUT2D eigenvalue weighted by molar-refractivity contribution is 9.10. The van der Waals surface area contributed by atoms with Gasteiger partial charge in [0.15, 0.2) is 0 Å². The standard InChI is InChI=1S/C15H20BrN3O/c1-9(2)20-13-7-5-12(6-8-13)11(4)19-15(17)14(16)10(3)18-19/h5-9,11H,17H2,1-4H3. The Morgan fingerprint density at radius 2 is 1.80 bits per heavy atom. The number of anilines is 1. The number of halogens is 1. The van der Waals surface area contributed by atoms with Crippen molar-refractivity contribution in [2.45, 2.75) is 39.8 Å². The highest BCUT2D eigenvalue weighted by Crippen LogP contribution is 2.29. The molecule has 0 fully saturated rings. The molecule has 1 atom stereocenters. The quantitative estimate of drug-likeness (QED) is 0.919. The van der Waals surface area contributed by atoms with Gasteiger partial charge in [0.2, 0.25) is 0 Å². The van der Waals surface area contributed by atoms with Gasteiger partial charge in [-0.15, -0.1) is 0 Å². The molecule has 1 unspecified atom stereocenters. The topological polar surface area (TPSA) is 53.1 Å². The second-order valence-corrected chi connectivity index (χ2v) is 5.93. The number of ether oxygens (including phenoxy) is 1. The molecule has 1 heterocycles. The molecule has 0 saturated carbocycles. The molecule has 2 aromatic rings. The average molecular weight is 338 g/mol. The first-order chi connectivity index (χ1) is 9.40. The maximum atomic E-state index is 6.07. The predicted molar refractivity (Wildman–Crippen MR) is 85.1 cm³/mol. The lowest BCUT2D eigenvalue weighted by Crippen LogP contribution is -2.12. The van der Waals surface area contributed by atoms with Gasteiger partial charge in [-0.3, -0.25) is 0 Å². The second kappa shape index (κ2) is 5.87. The van der Waals surface area contributed by atoms with E-state index < -0.39 is 0 Å². The van der Waals surface area contributed by atoms with Crippen LogP contribution in [0.2, 0.25) is 0 Å². The highest BCUT2D eigenvalue weighted by atomic mass is 79.9. The van der Waals surface area contributed by atoms with Crippen molar-refractivity contribution in [3.63, 3.8) is 0 Å². The van der Waals surface area contributed by atoms with Gasteiger partial charge in [-0.2, -0.15) is 5.10 Å². The van der Waals surface area contributed by atoms with Crippen molar-refractivity contribution in [2.24, 2.45) is 0 Å². The molecule has 2 N–H and O–H groups in total. The number of rotatable bonds is 4. The van der Waals surface area contributed by atoms with E-state index in [9.17, 15) is 0 Å². The lowest BCUT2D eigenvalue weighted by Gasteiger charge is -2.16. The summed E-state index contributed by atoms with van der Waals surface area (Å²) in [6, 6.07) is 8.13. The Labute approximate surface area is 128 Å². The highest BCUT2D eigenvalue weighted by Gasteiger charge is 2.16. The molecule has 4 nitrogen and oxygen atoms in total. The van der Waals surface area contributed by atoms with Crippen molar-refractivity contribution in [3.8, 4) is 5.75 Å². The summed E-state index contributed by atoms with van der Waals surface area (Å²) in [4.78, 5) is 0. The molecule has 108 valence electrons. The summed E-state index contributed by atoms with van der Waals surface area (Å²) >= 11 is 3.45. The van der Waals surface area contributed by atoms with Gasteiger partial charge in [0.05, 0.1) is 22.3 Å². The summed E-state index contributed by atoms with van der Waals surface area (Å²) in [6.45, 7) is 8.04. The van der Waals surface area contributed by atoms with E-state index in [4.69, 9.17) is 10.5 Å². The number of hydrogen-bond acceptors (Lipinski definition) is 3. The van der Waals surface area contributed by atoms with Crippen LogP contribution in [0.4, 0.5) is 5.82 Å². The summed E-state index contributed by atoms with van der Waals surface area (Å²) in [5, 5.41) is 4.47. The van der Waals surface area contributed by atoms with Crippen LogP contribution in [0, 0.1) is 6.92 Å². The number of nitrogens with zero attached hydrogens (tertiary/aromatic N) is 2. The molecule has 0 radical (unpaired) electrons. The molecular formula is C15H20BrN3O. The van der Waals surface area contributed by atoms with Crippen LogP contribution in [0.3, 0.4) is 0 Å². The van der Waals surface area contributed by atoms with E-state index in [2.05, 4.69) is 28.0 Å². The van der Waals surface area contributed by atoms with E-state index in [-0.39, 0.29) is 12.1 Å². The Kier molecular flexibility index (Phi) is 4.38. The maximum Gasteiger partial charge on any atom is 0.137 e. The summed E-state index contributed by atoms with van der Waals surface area (Å²) in [5.41, 5.74) is 8.11. The van der Waals surface area contributed by atoms with Crippen molar-refractivity contribution < 1.29 is 4.74 Å². The van der Waals surface area contributed by atoms with Gasteiger partial charge in [0, 0.05) is 0 Å². The zero-order chi connectivity index (χ0) is 14.9. The van der Waals surface area contributed by atoms with Crippen molar-refractivity contribution >= 4 is 21.7 Å². The molecule has 1 aromatic heterocycles.